The minimum atomic E-state index is -0.557. The smallest absolute Gasteiger partial charge is 0.355 e. The average Bonchev–Trinajstić information content (AvgIpc) is 3.17. The second-order valence-corrected chi connectivity index (χ2v) is 5.41. The van der Waals surface area contributed by atoms with E-state index in [1.165, 1.54) is 0 Å². The van der Waals surface area contributed by atoms with E-state index in [9.17, 15) is 9.59 Å². The van der Waals surface area contributed by atoms with Gasteiger partial charge in [-0.2, -0.15) is 0 Å². The van der Waals surface area contributed by atoms with Crippen LogP contribution in [-0.2, 0) is 16.0 Å². The normalized spacial score (nSPS) is 10.2. The summed E-state index contributed by atoms with van der Waals surface area (Å²) < 4.78 is 16.0. The molecule has 0 spiro atoms. The Morgan fingerprint density at radius 3 is 2.54 bits per heavy atom. The number of hydrogen-bond donors (Lipinski definition) is 2. The second kappa shape index (κ2) is 10.1. The summed E-state index contributed by atoms with van der Waals surface area (Å²) in [6.45, 7) is 5.06. The number of carbonyl (C=O) groups is 2. The molecule has 2 rings (SSSR count). The Kier molecular flexibility index (Phi) is 7.54. The molecule has 2 aromatic rings. The molecule has 0 aliphatic heterocycles. The SMILES string of the molecule is CCOc1ccc(CCNC(=O)COC(=O)c2ccc[nH]2)cc1OCC. The van der Waals surface area contributed by atoms with Crippen LogP contribution in [0.3, 0.4) is 0 Å². The van der Waals surface area contributed by atoms with Gasteiger partial charge in [0.1, 0.15) is 5.69 Å². The molecule has 7 heteroatoms. The average molecular weight is 360 g/mol. The van der Waals surface area contributed by atoms with Crippen molar-refractivity contribution in [3.05, 3.63) is 47.8 Å². The minimum absolute atomic E-state index is 0.314. The second-order valence-electron chi connectivity index (χ2n) is 5.41. The molecule has 0 saturated heterocycles. The van der Waals surface area contributed by atoms with Gasteiger partial charge in [-0.25, -0.2) is 4.79 Å². The van der Waals surface area contributed by atoms with Crippen molar-refractivity contribution in [3.8, 4) is 11.5 Å². The number of benzene rings is 1. The van der Waals surface area contributed by atoms with Crippen molar-refractivity contribution in [1.82, 2.24) is 10.3 Å². The van der Waals surface area contributed by atoms with E-state index in [0.29, 0.717) is 43.4 Å². The number of hydrogen-bond acceptors (Lipinski definition) is 5. The molecule has 140 valence electrons. The van der Waals surface area contributed by atoms with E-state index >= 15 is 0 Å². The van der Waals surface area contributed by atoms with Crippen molar-refractivity contribution in [1.29, 1.82) is 0 Å². The maximum atomic E-state index is 11.8. The van der Waals surface area contributed by atoms with Gasteiger partial charge >= 0.3 is 5.97 Å². The van der Waals surface area contributed by atoms with Crippen molar-refractivity contribution in [2.24, 2.45) is 0 Å². The zero-order chi connectivity index (χ0) is 18.8. The van der Waals surface area contributed by atoms with Crippen molar-refractivity contribution < 1.29 is 23.8 Å². The number of H-pyrrole nitrogens is 1. The maximum Gasteiger partial charge on any atom is 0.355 e. The van der Waals surface area contributed by atoms with Crippen LogP contribution in [0.25, 0.3) is 0 Å². The lowest BCUT2D eigenvalue weighted by Gasteiger charge is -2.12. The Balaban J connectivity index is 1.77. The monoisotopic (exact) mass is 360 g/mol. The molecule has 0 fully saturated rings. The molecule has 0 bridgehead atoms. The number of ether oxygens (including phenoxy) is 3. The Hall–Kier alpha value is -2.96. The Bertz CT molecular complexity index is 713. The van der Waals surface area contributed by atoms with Crippen LogP contribution >= 0.6 is 0 Å². The lowest BCUT2D eigenvalue weighted by atomic mass is 10.1. The lowest BCUT2D eigenvalue weighted by Crippen LogP contribution is -2.30. The van der Waals surface area contributed by atoms with Crippen molar-refractivity contribution in [2.75, 3.05) is 26.4 Å². The van der Waals surface area contributed by atoms with Gasteiger partial charge in [0.05, 0.1) is 13.2 Å². The van der Waals surface area contributed by atoms with Crippen molar-refractivity contribution in [2.45, 2.75) is 20.3 Å². The van der Waals surface area contributed by atoms with Gasteiger partial charge in [0.2, 0.25) is 0 Å². The Morgan fingerprint density at radius 1 is 1.08 bits per heavy atom. The fourth-order valence-corrected chi connectivity index (χ4v) is 2.31. The van der Waals surface area contributed by atoms with Crippen LogP contribution in [0.5, 0.6) is 11.5 Å². The van der Waals surface area contributed by atoms with Crippen LogP contribution in [0, 0.1) is 0 Å². The van der Waals surface area contributed by atoms with Gasteiger partial charge in [-0.3, -0.25) is 4.79 Å². The lowest BCUT2D eigenvalue weighted by molar-refractivity contribution is -0.124. The van der Waals surface area contributed by atoms with Crippen LogP contribution in [0.4, 0.5) is 0 Å². The maximum absolute atomic E-state index is 11.8. The van der Waals surface area contributed by atoms with Crippen LogP contribution in [-0.4, -0.2) is 43.2 Å². The van der Waals surface area contributed by atoms with Gasteiger partial charge in [0.15, 0.2) is 18.1 Å². The molecule has 0 atom stereocenters. The fourth-order valence-electron chi connectivity index (χ4n) is 2.31. The third kappa shape index (κ3) is 5.84. The number of carbonyl (C=O) groups excluding carboxylic acids is 2. The first-order chi connectivity index (χ1) is 12.6. The first-order valence-corrected chi connectivity index (χ1v) is 8.59. The van der Waals surface area contributed by atoms with E-state index in [0.717, 1.165) is 5.56 Å². The number of aromatic nitrogens is 1. The number of rotatable bonds is 10. The van der Waals surface area contributed by atoms with Crippen molar-refractivity contribution in [3.63, 3.8) is 0 Å². The number of amides is 1. The highest BCUT2D eigenvalue weighted by Gasteiger charge is 2.11. The Morgan fingerprint density at radius 2 is 1.85 bits per heavy atom. The van der Waals surface area contributed by atoms with E-state index in [2.05, 4.69) is 10.3 Å². The summed E-state index contributed by atoms with van der Waals surface area (Å²) >= 11 is 0. The van der Waals surface area contributed by atoms with Crippen LogP contribution in [0.2, 0.25) is 0 Å². The molecule has 1 aromatic heterocycles. The Labute approximate surface area is 152 Å². The summed E-state index contributed by atoms with van der Waals surface area (Å²) in [5, 5.41) is 2.72. The molecular formula is C19H24N2O5. The molecule has 1 amide bonds. The number of aromatic amines is 1. The van der Waals surface area contributed by atoms with Gasteiger partial charge < -0.3 is 24.5 Å². The molecule has 7 nitrogen and oxygen atoms in total. The zero-order valence-corrected chi connectivity index (χ0v) is 15.0. The summed E-state index contributed by atoms with van der Waals surface area (Å²) in [7, 11) is 0. The predicted octanol–water partition coefficient (Wildman–Crippen LogP) is 2.33. The summed E-state index contributed by atoms with van der Waals surface area (Å²) in [6, 6.07) is 8.98. The highest BCUT2D eigenvalue weighted by atomic mass is 16.5. The standard InChI is InChI=1S/C19H24N2O5/c1-3-24-16-8-7-14(12-17(16)25-4-2)9-11-21-18(22)13-26-19(23)15-6-5-10-20-15/h5-8,10,12,20H,3-4,9,11,13H2,1-2H3,(H,21,22). The summed E-state index contributed by atoms with van der Waals surface area (Å²) in [5.74, 6) is 0.496. The molecule has 0 radical (unpaired) electrons. The van der Waals surface area contributed by atoms with Gasteiger partial charge in [-0.15, -0.1) is 0 Å². The van der Waals surface area contributed by atoms with E-state index < -0.39 is 5.97 Å². The van der Waals surface area contributed by atoms with Gasteiger partial charge in [-0.05, 0) is 50.1 Å². The topological polar surface area (TPSA) is 89.6 Å². The zero-order valence-electron chi connectivity index (χ0n) is 15.0. The highest BCUT2D eigenvalue weighted by molar-refractivity contribution is 5.89. The fraction of sp³-hybridized carbons (Fsp3) is 0.368. The molecule has 0 saturated carbocycles. The molecular weight excluding hydrogens is 336 g/mol. The molecule has 1 aromatic carbocycles. The summed E-state index contributed by atoms with van der Waals surface area (Å²) in [4.78, 5) is 26.1. The first kappa shape index (κ1) is 19.4. The van der Waals surface area contributed by atoms with Crippen LogP contribution in [0.15, 0.2) is 36.5 Å². The molecule has 1 heterocycles. The van der Waals surface area contributed by atoms with Crippen LogP contribution in [0.1, 0.15) is 29.9 Å². The van der Waals surface area contributed by atoms with Gasteiger partial charge in [0, 0.05) is 12.7 Å². The summed E-state index contributed by atoms with van der Waals surface area (Å²) in [6.07, 6.45) is 2.24. The van der Waals surface area contributed by atoms with E-state index in [4.69, 9.17) is 14.2 Å². The third-order valence-electron chi connectivity index (χ3n) is 3.50. The minimum Gasteiger partial charge on any atom is -0.490 e. The van der Waals surface area contributed by atoms with Gasteiger partial charge in [-0.1, -0.05) is 6.07 Å². The van der Waals surface area contributed by atoms with Crippen LogP contribution < -0.4 is 14.8 Å². The predicted molar refractivity (Wildman–Crippen MR) is 96.6 cm³/mol. The van der Waals surface area contributed by atoms with Gasteiger partial charge in [0.25, 0.3) is 5.91 Å². The van der Waals surface area contributed by atoms with E-state index in [-0.39, 0.29) is 12.5 Å². The highest BCUT2D eigenvalue weighted by Crippen LogP contribution is 2.28. The molecule has 26 heavy (non-hydrogen) atoms. The van der Waals surface area contributed by atoms with E-state index in [1.54, 1.807) is 18.3 Å². The first-order valence-electron chi connectivity index (χ1n) is 8.59. The summed E-state index contributed by atoms with van der Waals surface area (Å²) in [5.41, 5.74) is 1.33. The quantitative estimate of drug-likeness (QED) is 0.635. The number of nitrogens with one attached hydrogen (secondary N) is 2. The van der Waals surface area contributed by atoms with Crippen molar-refractivity contribution >= 4 is 11.9 Å². The number of esters is 1. The van der Waals surface area contributed by atoms with E-state index in [1.807, 2.05) is 32.0 Å². The molecule has 2 N–H and O–H groups in total. The third-order valence-corrected chi connectivity index (χ3v) is 3.50. The largest absolute Gasteiger partial charge is 0.490 e. The molecule has 0 aliphatic carbocycles. The molecule has 0 unspecified atom stereocenters. The molecule has 0 aliphatic rings.